The lowest BCUT2D eigenvalue weighted by atomic mass is 9.89. The third kappa shape index (κ3) is 5.55. The molecule has 1 saturated heterocycles. The molecular formula is C19H23F6N3O. The van der Waals surface area contributed by atoms with Gasteiger partial charge < -0.3 is 10.6 Å². The van der Waals surface area contributed by atoms with Gasteiger partial charge in [-0.3, -0.25) is 4.90 Å². The largest absolute Gasteiger partial charge is 0.416 e. The fraction of sp³-hybridized carbons (Fsp3) is 0.632. The van der Waals surface area contributed by atoms with Gasteiger partial charge in [0.15, 0.2) is 0 Å². The Morgan fingerprint density at radius 1 is 0.862 bits per heavy atom. The second-order valence-corrected chi connectivity index (χ2v) is 7.59. The number of carbonyl (C=O) groups is 1. The van der Waals surface area contributed by atoms with Crippen molar-refractivity contribution in [1.29, 1.82) is 0 Å². The fourth-order valence-corrected chi connectivity index (χ4v) is 4.15. The molecule has 1 heterocycles. The van der Waals surface area contributed by atoms with Crippen molar-refractivity contribution >= 4 is 11.7 Å². The number of nitrogens with one attached hydrogen (secondary N) is 2. The van der Waals surface area contributed by atoms with Crippen molar-refractivity contribution in [3.63, 3.8) is 0 Å². The molecule has 0 bridgehead atoms. The maximum atomic E-state index is 13.0. The normalized spacial score (nSPS) is 23.8. The summed E-state index contributed by atoms with van der Waals surface area (Å²) in [5.41, 5.74) is -3.47. The first-order chi connectivity index (χ1) is 13.5. The molecule has 2 N–H and O–H groups in total. The monoisotopic (exact) mass is 423 g/mol. The highest BCUT2D eigenvalue weighted by atomic mass is 19.4. The van der Waals surface area contributed by atoms with Crippen molar-refractivity contribution in [1.82, 2.24) is 10.2 Å². The minimum atomic E-state index is -4.96. The Labute approximate surface area is 164 Å². The number of hydrogen-bond donors (Lipinski definition) is 2. The quantitative estimate of drug-likeness (QED) is 0.652. The van der Waals surface area contributed by atoms with Crippen LogP contribution in [0, 0.1) is 0 Å². The number of alkyl halides is 6. The van der Waals surface area contributed by atoms with Gasteiger partial charge in [-0.05, 0) is 57.0 Å². The van der Waals surface area contributed by atoms with Crippen LogP contribution in [0.2, 0.25) is 0 Å². The molecule has 1 aromatic carbocycles. The predicted octanol–water partition coefficient (Wildman–Crippen LogP) is 5.25. The summed E-state index contributed by atoms with van der Waals surface area (Å²) >= 11 is 0. The van der Waals surface area contributed by atoms with E-state index in [1.807, 2.05) is 0 Å². The highest BCUT2D eigenvalue weighted by Gasteiger charge is 2.37. The molecule has 1 aliphatic heterocycles. The first-order valence-electron chi connectivity index (χ1n) is 9.65. The summed E-state index contributed by atoms with van der Waals surface area (Å²) in [4.78, 5) is 14.7. The summed E-state index contributed by atoms with van der Waals surface area (Å²) < 4.78 is 77.8. The van der Waals surface area contributed by atoms with Gasteiger partial charge in [0.25, 0.3) is 0 Å². The van der Waals surface area contributed by atoms with Gasteiger partial charge in [-0.2, -0.15) is 26.3 Å². The van der Waals surface area contributed by atoms with Crippen LogP contribution in [0.15, 0.2) is 18.2 Å². The van der Waals surface area contributed by atoms with Crippen LogP contribution in [0.4, 0.5) is 36.8 Å². The number of benzene rings is 1. The van der Waals surface area contributed by atoms with Gasteiger partial charge in [-0.15, -0.1) is 0 Å². The number of halogens is 6. The van der Waals surface area contributed by atoms with E-state index in [2.05, 4.69) is 15.5 Å². The molecule has 2 aliphatic rings. The smallest absolute Gasteiger partial charge is 0.334 e. The van der Waals surface area contributed by atoms with E-state index < -0.39 is 35.2 Å². The van der Waals surface area contributed by atoms with Crippen molar-refractivity contribution in [3.05, 3.63) is 29.3 Å². The highest BCUT2D eigenvalue weighted by molar-refractivity contribution is 5.89. The summed E-state index contributed by atoms with van der Waals surface area (Å²) in [5, 5.41) is 4.91. The van der Waals surface area contributed by atoms with E-state index in [-0.39, 0.29) is 18.2 Å². The molecule has 3 rings (SSSR count). The molecule has 0 aromatic heterocycles. The Morgan fingerprint density at radius 3 is 1.97 bits per heavy atom. The van der Waals surface area contributed by atoms with Gasteiger partial charge in [-0.25, -0.2) is 4.79 Å². The average molecular weight is 423 g/mol. The van der Waals surface area contributed by atoms with E-state index in [0.29, 0.717) is 12.1 Å². The number of anilines is 1. The molecule has 10 heteroatoms. The van der Waals surface area contributed by atoms with E-state index in [4.69, 9.17) is 0 Å². The summed E-state index contributed by atoms with van der Waals surface area (Å²) in [6.45, 7) is 1.88. The molecule has 2 fully saturated rings. The van der Waals surface area contributed by atoms with E-state index in [1.54, 1.807) is 0 Å². The molecule has 4 nitrogen and oxygen atoms in total. The lowest BCUT2D eigenvalue weighted by molar-refractivity contribution is -0.143. The van der Waals surface area contributed by atoms with Gasteiger partial charge >= 0.3 is 18.4 Å². The second kappa shape index (κ2) is 8.41. The first-order valence-corrected chi connectivity index (χ1v) is 9.65. The van der Waals surface area contributed by atoms with Crippen LogP contribution in [0.25, 0.3) is 0 Å². The lowest BCUT2D eigenvalue weighted by Crippen LogP contribution is -2.53. The summed E-state index contributed by atoms with van der Waals surface area (Å²) in [7, 11) is 0. The zero-order valence-corrected chi connectivity index (χ0v) is 15.7. The van der Waals surface area contributed by atoms with E-state index in [9.17, 15) is 31.1 Å². The maximum Gasteiger partial charge on any atom is 0.416 e. The van der Waals surface area contributed by atoms with E-state index in [1.165, 1.54) is 0 Å². The van der Waals surface area contributed by atoms with Crippen LogP contribution in [0.1, 0.15) is 49.7 Å². The third-order valence-corrected chi connectivity index (χ3v) is 5.50. The van der Waals surface area contributed by atoms with Crippen LogP contribution in [-0.2, 0) is 12.4 Å². The molecule has 0 unspecified atom stereocenters. The molecule has 0 spiro atoms. The van der Waals surface area contributed by atoms with Gasteiger partial charge in [-0.1, -0.05) is 12.8 Å². The van der Waals surface area contributed by atoms with Crippen molar-refractivity contribution in [2.24, 2.45) is 0 Å². The molecule has 0 radical (unpaired) electrons. The molecule has 162 valence electrons. The second-order valence-electron chi connectivity index (χ2n) is 7.59. The predicted molar refractivity (Wildman–Crippen MR) is 95.5 cm³/mol. The van der Waals surface area contributed by atoms with Crippen LogP contribution in [-0.4, -0.2) is 36.1 Å². The van der Waals surface area contributed by atoms with Crippen LogP contribution >= 0.6 is 0 Å². The van der Waals surface area contributed by atoms with Crippen molar-refractivity contribution in [2.45, 2.75) is 63.0 Å². The Kier molecular flexibility index (Phi) is 6.30. The first kappa shape index (κ1) is 21.7. The van der Waals surface area contributed by atoms with Gasteiger partial charge in [0, 0.05) is 17.8 Å². The maximum absolute atomic E-state index is 13.0. The molecule has 2 atom stereocenters. The summed E-state index contributed by atoms with van der Waals surface area (Å²) in [5.74, 6) is 0. The Hall–Kier alpha value is -1.97. The van der Waals surface area contributed by atoms with Gasteiger partial charge in [0.2, 0.25) is 0 Å². The topological polar surface area (TPSA) is 44.4 Å². The van der Waals surface area contributed by atoms with Crippen molar-refractivity contribution in [3.8, 4) is 0 Å². The number of nitrogens with zero attached hydrogens (tertiary/aromatic N) is 1. The van der Waals surface area contributed by atoms with Crippen molar-refractivity contribution in [2.75, 3.05) is 18.4 Å². The summed E-state index contributed by atoms with van der Waals surface area (Å²) in [6.07, 6.45) is -4.17. The molecule has 2 amide bonds. The number of hydrogen-bond acceptors (Lipinski definition) is 2. The van der Waals surface area contributed by atoms with Gasteiger partial charge in [0.1, 0.15) is 0 Å². The Balaban J connectivity index is 1.73. The van der Waals surface area contributed by atoms with Crippen molar-refractivity contribution < 1.29 is 31.1 Å². The number of urea groups is 1. The number of amides is 2. The zero-order valence-electron chi connectivity index (χ0n) is 15.7. The summed E-state index contributed by atoms with van der Waals surface area (Å²) in [6, 6.07) is 0.210. The van der Waals surface area contributed by atoms with Crippen LogP contribution in [0.3, 0.4) is 0 Å². The Morgan fingerprint density at radius 2 is 1.41 bits per heavy atom. The molecule has 1 aromatic rings. The van der Waals surface area contributed by atoms with Crippen LogP contribution in [0.5, 0.6) is 0 Å². The zero-order chi connectivity index (χ0) is 21.2. The van der Waals surface area contributed by atoms with E-state index >= 15 is 0 Å². The SMILES string of the molecule is O=C(Nc1cc(C(F)(F)F)cc(C(F)(F)F)c1)N[C@@H]1CCCC[C@H]1N1CCCC1. The van der Waals surface area contributed by atoms with E-state index in [0.717, 1.165) is 51.6 Å². The molecular weight excluding hydrogens is 400 g/mol. The lowest BCUT2D eigenvalue weighted by Gasteiger charge is -2.38. The number of rotatable bonds is 3. The standard InChI is InChI=1S/C19H23F6N3O/c20-18(21,22)12-9-13(19(23,24)25)11-14(10-12)26-17(29)27-15-5-1-2-6-16(15)28-7-3-4-8-28/h9-11,15-16H,1-8H2,(H2,26,27,29)/t15-,16-/m1/s1. The molecule has 1 saturated carbocycles. The number of likely N-dealkylation sites (tertiary alicyclic amines) is 1. The van der Waals surface area contributed by atoms with Crippen LogP contribution < -0.4 is 10.6 Å². The minimum absolute atomic E-state index is 0.0353. The average Bonchev–Trinajstić information content (AvgIpc) is 3.15. The Bertz CT molecular complexity index is 695. The minimum Gasteiger partial charge on any atom is -0.334 e. The molecule has 1 aliphatic carbocycles. The molecule has 29 heavy (non-hydrogen) atoms. The number of carbonyl (C=O) groups excluding carboxylic acids is 1. The fourth-order valence-electron chi connectivity index (χ4n) is 4.15. The third-order valence-electron chi connectivity index (χ3n) is 5.50. The highest BCUT2D eigenvalue weighted by Crippen LogP contribution is 2.37. The van der Waals surface area contributed by atoms with Gasteiger partial charge in [0.05, 0.1) is 11.1 Å².